The highest BCUT2D eigenvalue weighted by molar-refractivity contribution is 4.84. The molecule has 0 aliphatic heterocycles. The zero-order valence-electron chi connectivity index (χ0n) is 17.5. The second-order valence-corrected chi connectivity index (χ2v) is 7.12. The van der Waals surface area contributed by atoms with Gasteiger partial charge in [0.1, 0.15) is 0 Å². The van der Waals surface area contributed by atoms with Crippen LogP contribution in [0.3, 0.4) is 0 Å². The smallest absolute Gasteiger partial charge is 0.0967 e. The Balaban J connectivity index is 1.79. The summed E-state index contributed by atoms with van der Waals surface area (Å²) in [6.45, 7) is 14.8. The van der Waals surface area contributed by atoms with Crippen LogP contribution in [0, 0.1) is 11.8 Å². The van der Waals surface area contributed by atoms with Gasteiger partial charge in [0.15, 0.2) is 0 Å². The lowest BCUT2D eigenvalue weighted by Crippen LogP contribution is -2.29. The van der Waals surface area contributed by atoms with E-state index in [9.17, 15) is 0 Å². The summed E-state index contributed by atoms with van der Waals surface area (Å²) in [5, 5.41) is 9.92. The van der Waals surface area contributed by atoms with Crippen molar-refractivity contribution >= 4 is 0 Å². The van der Waals surface area contributed by atoms with Crippen LogP contribution in [0.25, 0.3) is 0 Å². The van der Waals surface area contributed by atoms with Crippen LogP contribution < -0.4 is 16.0 Å². The number of ether oxygens (including phenoxy) is 3. The number of hydrogen-bond donors (Lipinski definition) is 3. The minimum absolute atomic E-state index is 0.521. The molecule has 162 valence electrons. The van der Waals surface area contributed by atoms with Gasteiger partial charge in [-0.1, -0.05) is 24.8 Å². The van der Waals surface area contributed by atoms with Crippen LogP contribution in [-0.2, 0) is 14.2 Å². The molecule has 0 aromatic rings. The molecule has 28 heavy (non-hydrogen) atoms. The topological polar surface area (TPSA) is 63.8 Å². The summed E-state index contributed by atoms with van der Waals surface area (Å²) < 4.78 is 16.2. The molecule has 0 aromatic heterocycles. The average Bonchev–Trinajstić information content (AvgIpc) is 2.73. The first-order valence-electron chi connectivity index (χ1n) is 10.6. The quantitative estimate of drug-likeness (QED) is 0.177. The largest absolute Gasteiger partial charge is 0.391 e. The van der Waals surface area contributed by atoms with E-state index in [1.165, 1.54) is 25.7 Å². The second-order valence-electron chi connectivity index (χ2n) is 7.12. The lowest BCUT2D eigenvalue weighted by Gasteiger charge is -2.28. The highest BCUT2D eigenvalue weighted by atomic mass is 16.5. The lowest BCUT2D eigenvalue weighted by molar-refractivity contribution is 0.0468. The first-order valence-corrected chi connectivity index (χ1v) is 10.6. The number of rotatable bonds is 19. The second kappa shape index (κ2) is 19.2. The maximum atomic E-state index is 5.52. The van der Waals surface area contributed by atoms with E-state index in [0.717, 1.165) is 38.0 Å². The van der Waals surface area contributed by atoms with Crippen LogP contribution in [0.15, 0.2) is 37.6 Å². The molecule has 0 amide bonds. The monoisotopic (exact) mass is 395 g/mol. The highest BCUT2D eigenvalue weighted by Gasteiger charge is 2.20. The van der Waals surface area contributed by atoms with E-state index in [4.69, 9.17) is 14.2 Å². The fourth-order valence-electron chi connectivity index (χ4n) is 3.21. The van der Waals surface area contributed by atoms with Gasteiger partial charge in [0.2, 0.25) is 0 Å². The SMILES string of the molecule is C=CCOCCNCOCCOC/C=C/CNCC1CCC(CNC=C)CC1. The van der Waals surface area contributed by atoms with E-state index in [1.54, 1.807) is 12.3 Å². The minimum atomic E-state index is 0.521. The Labute approximate surface area is 171 Å². The molecule has 0 atom stereocenters. The molecule has 1 fully saturated rings. The van der Waals surface area contributed by atoms with Crippen LogP contribution >= 0.6 is 0 Å². The van der Waals surface area contributed by atoms with E-state index in [0.29, 0.717) is 39.8 Å². The Hall–Kier alpha value is -1.18. The molecule has 0 unspecified atom stereocenters. The summed E-state index contributed by atoms with van der Waals surface area (Å²) in [4.78, 5) is 0. The maximum Gasteiger partial charge on any atom is 0.0967 e. The van der Waals surface area contributed by atoms with Crippen molar-refractivity contribution in [2.24, 2.45) is 11.8 Å². The zero-order chi connectivity index (χ0) is 20.1. The normalized spacial score (nSPS) is 19.7. The van der Waals surface area contributed by atoms with E-state index < -0.39 is 0 Å². The maximum absolute atomic E-state index is 5.52. The number of nitrogens with one attached hydrogen (secondary N) is 3. The third kappa shape index (κ3) is 14.8. The fraction of sp³-hybridized carbons (Fsp3) is 0.727. The Morgan fingerprint density at radius 3 is 2.25 bits per heavy atom. The van der Waals surface area contributed by atoms with E-state index in [2.05, 4.69) is 41.3 Å². The van der Waals surface area contributed by atoms with Crippen LogP contribution in [0.5, 0.6) is 0 Å². The van der Waals surface area contributed by atoms with Crippen LogP contribution in [0.4, 0.5) is 0 Å². The van der Waals surface area contributed by atoms with Crippen molar-refractivity contribution in [1.29, 1.82) is 0 Å². The van der Waals surface area contributed by atoms with Gasteiger partial charge in [-0.3, -0.25) is 5.32 Å². The van der Waals surface area contributed by atoms with E-state index in [-0.39, 0.29) is 0 Å². The van der Waals surface area contributed by atoms with Gasteiger partial charge in [-0.25, -0.2) is 0 Å². The third-order valence-electron chi connectivity index (χ3n) is 4.83. The molecule has 1 saturated carbocycles. The molecule has 6 nitrogen and oxygen atoms in total. The fourth-order valence-corrected chi connectivity index (χ4v) is 3.21. The highest BCUT2D eigenvalue weighted by Crippen LogP contribution is 2.27. The van der Waals surface area contributed by atoms with Gasteiger partial charge in [-0.15, -0.1) is 6.58 Å². The first kappa shape index (κ1) is 24.9. The van der Waals surface area contributed by atoms with E-state index >= 15 is 0 Å². The minimum Gasteiger partial charge on any atom is -0.391 e. The van der Waals surface area contributed by atoms with Gasteiger partial charge < -0.3 is 24.8 Å². The third-order valence-corrected chi connectivity index (χ3v) is 4.83. The Kier molecular flexibility index (Phi) is 17.0. The Morgan fingerprint density at radius 2 is 1.50 bits per heavy atom. The van der Waals surface area contributed by atoms with Gasteiger partial charge in [0.05, 0.1) is 39.8 Å². The van der Waals surface area contributed by atoms with Crippen molar-refractivity contribution in [2.45, 2.75) is 25.7 Å². The molecule has 1 aliphatic rings. The average molecular weight is 396 g/mol. The molecule has 0 heterocycles. The van der Waals surface area contributed by atoms with Crippen molar-refractivity contribution in [3.8, 4) is 0 Å². The van der Waals surface area contributed by atoms with Gasteiger partial charge in [-0.2, -0.15) is 0 Å². The van der Waals surface area contributed by atoms with Crippen LogP contribution in [0.2, 0.25) is 0 Å². The summed E-state index contributed by atoms with van der Waals surface area (Å²) in [5.41, 5.74) is 0. The molecule has 3 N–H and O–H groups in total. The van der Waals surface area contributed by atoms with Gasteiger partial charge in [0.25, 0.3) is 0 Å². The van der Waals surface area contributed by atoms with E-state index in [1.807, 2.05) is 0 Å². The van der Waals surface area contributed by atoms with Crippen LogP contribution in [-0.4, -0.2) is 65.9 Å². The van der Waals surface area contributed by atoms with Crippen molar-refractivity contribution in [3.05, 3.63) is 37.6 Å². The molecule has 1 aliphatic carbocycles. The summed E-state index contributed by atoms with van der Waals surface area (Å²) in [6, 6.07) is 0. The molecule has 0 saturated heterocycles. The molecular weight excluding hydrogens is 354 g/mol. The van der Waals surface area contributed by atoms with Crippen molar-refractivity contribution < 1.29 is 14.2 Å². The Morgan fingerprint density at radius 1 is 0.786 bits per heavy atom. The first-order chi connectivity index (χ1) is 13.9. The van der Waals surface area contributed by atoms with Gasteiger partial charge in [0, 0.05) is 19.6 Å². The summed E-state index contributed by atoms with van der Waals surface area (Å²) in [6.07, 6.45) is 13.1. The van der Waals surface area contributed by atoms with Crippen LogP contribution in [0.1, 0.15) is 25.7 Å². The summed E-state index contributed by atoms with van der Waals surface area (Å²) in [7, 11) is 0. The predicted molar refractivity (Wildman–Crippen MR) is 116 cm³/mol. The van der Waals surface area contributed by atoms with Gasteiger partial charge >= 0.3 is 0 Å². The summed E-state index contributed by atoms with van der Waals surface area (Å²) >= 11 is 0. The predicted octanol–water partition coefficient (Wildman–Crippen LogP) is 2.45. The standard InChI is InChI=1S/C22H41N3O3/c1-3-13-26-15-12-25-20-28-17-16-27-14-6-5-11-24-19-22-9-7-21(8-10-22)18-23-4-2/h3-6,21-25H,1-2,7-20H2/b6-5+. The molecule has 0 spiro atoms. The zero-order valence-corrected chi connectivity index (χ0v) is 17.5. The molecule has 0 radical (unpaired) electrons. The van der Waals surface area contributed by atoms with Crippen molar-refractivity contribution in [3.63, 3.8) is 0 Å². The molecule has 0 aromatic carbocycles. The van der Waals surface area contributed by atoms with Crippen molar-refractivity contribution in [2.75, 3.05) is 65.9 Å². The van der Waals surface area contributed by atoms with Gasteiger partial charge in [-0.05, 0) is 50.3 Å². The summed E-state index contributed by atoms with van der Waals surface area (Å²) in [5.74, 6) is 1.64. The number of hydrogen-bond acceptors (Lipinski definition) is 6. The van der Waals surface area contributed by atoms with Crippen molar-refractivity contribution in [1.82, 2.24) is 16.0 Å². The molecule has 6 heteroatoms. The molecular formula is C22H41N3O3. The Bertz CT molecular complexity index is 396. The molecule has 1 rings (SSSR count). The lowest BCUT2D eigenvalue weighted by atomic mass is 9.82. The molecule has 0 bridgehead atoms.